The monoisotopic (exact) mass is 465 g/mol. The molecule has 0 unspecified atom stereocenters. The van der Waals surface area contributed by atoms with Gasteiger partial charge in [-0.15, -0.1) is 0 Å². The van der Waals surface area contributed by atoms with E-state index in [-0.39, 0.29) is 13.2 Å². The van der Waals surface area contributed by atoms with Crippen molar-refractivity contribution in [3.8, 4) is 0 Å². The van der Waals surface area contributed by atoms with Crippen molar-refractivity contribution in [1.29, 1.82) is 0 Å². The number of hydrogen-bond donors (Lipinski definition) is 0. The Hall–Kier alpha value is -1.69. The summed E-state index contributed by atoms with van der Waals surface area (Å²) < 4.78 is 60.0. The van der Waals surface area contributed by atoms with Gasteiger partial charge in [0.15, 0.2) is 0 Å². The van der Waals surface area contributed by atoms with E-state index in [9.17, 15) is 21.6 Å². The normalized spacial score (nSPS) is 12.6. The molecule has 1 aromatic carbocycles. The Balaban J connectivity index is 2.83. The summed E-state index contributed by atoms with van der Waals surface area (Å²) in [5.41, 5.74) is 1.42. The average Bonchev–Trinajstić information content (AvgIpc) is 2.55. The summed E-state index contributed by atoms with van der Waals surface area (Å²) in [7, 11) is -5.59. The topological polar surface area (TPSA) is 116 Å². The predicted octanol–water partition coefficient (Wildman–Crippen LogP) is 2.44. The van der Waals surface area contributed by atoms with Gasteiger partial charge in [-0.05, 0) is 50.3 Å². The van der Waals surface area contributed by atoms with Crippen LogP contribution in [0.4, 0.5) is 4.79 Å². The Morgan fingerprint density at radius 3 is 1.73 bits per heavy atom. The third-order valence-corrected chi connectivity index (χ3v) is 4.75. The molecule has 9 nitrogen and oxygen atoms in total. The van der Waals surface area contributed by atoms with Gasteiger partial charge in [0, 0.05) is 13.6 Å². The number of carbonyl (C=O) groups is 1. The van der Waals surface area contributed by atoms with Crippen LogP contribution < -0.4 is 0 Å². The average molecular weight is 466 g/mol. The minimum Gasteiger partial charge on any atom is -0.444 e. The lowest BCUT2D eigenvalue weighted by molar-refractivity contribution is 0.0297. The summed E-state index contributed by atoms with van der Waals surface area (Å²) in [5, 5.41) is 0. The maximum absolute atomic E-state index is 12.0. The van der Waals surface area contributed by atoms with Crippen LogP contribution in [0, 0.1) is 0 Å². The van der Waals surface area contributed by atoms with Gasteiger partial charge >= 0.3 is 6.09 Å². The SMILES string of the molecule is CN(CCCc1cc(COS(C)(=O)=O)cc(COS(C)(=O)=O)c1)C(=O)OC(C)(C)C. The van der Waals surface area contributed by atoms with E-state index in [1.54, 1.807) is 46.0 Å². The first-order valence-electron chi connectivity index (χ1n) is 9.29. The van der Waals surface area contributed by atoms with Crippen LogP contribution in [0.2, 0.25) is 0 Å². The van der Waals surface area contributed by atoms with Crippen molar-refractivity contribution in [1.82, 2.24) is 4.90 Å². The highest BCUT2D eigenvalue weighted by Crippen LogP contribution is 2.16. The minimum atomic E-state index is -3.62. The van der Waals surface area contributed by atoms with E-state index >= 15 is 0 Å². The molecule has 0 fully saturated rings. The molecule has 1 amide bonds. The van der Waals surface area contributed by atoms with E-state index in [4.69, 9.17) is 13.1 Å². The molecule has 172 valence electrons. The van der Waals surface area contributed by atoms with Gasteiger partial charge in [0.1, 0.15) is 5.60 Å². The van der Waals surface area contributed by atoms with Crippen LogP contribution in [0.3, 0.4) is 0 Å². The number of ether oxygens (including phenoxy) is 1. The molecule has 0 aliphatic heterocycles. The second-order valence-corrected chi connectivity index (χ2v) is 11.4. The summed E-state index contributed by atoms with van der Waals surface area (Å²) >= 11 is 0. The summed E-state index contributed by atoms with van der Waals surface area (Å²) in [6.07, 6.45) is 2.69. The molecule has 0 bridgehead atoms. The van der Waals surface area contributed by atoms with Gasteiger partial charge in [-0.2, -0.15) is 16.8 Å². The van der Waals surface area contributed by atoms with Gasteiger partial charge in [-0.3, -0.25) is 8.37 Å². The molecular weight excluding hydrogens is 434 g/mol. The van der Waals surface area contributed by atoms with Gasteiger partial charge in [-0.25, -0.2) is 4.79 Å². The molecule has 30 heavy (non-hydrogen) atoms. The largest absolute Gasteiger partial charge is 0.444 e. The zero-order chi connectivity index (χ0) is 23.2. The lowest BCUT2D eigenvalue weighted by atomic mass is 10.0. The van der Waals surface area contributed by atoms with E-state index in [1.165, 1.54) is 4.90 Å². The highest BCUT2D eigenvalue weighted by Gasteiger charge is 2.19. The maximum atomic E-state index is 12.0. The van der Waals surface area contributed by atoms with Crippen molar-refractivity contribution in [3.05, 3.63) is 34.9 Å². The van der Waals surface area contributed by atoms with E-state index in [2.05, 4.69) is 0 Å². The molecule has 0 saturated carbocycles. The van der Waals surface area contributed by atoms with Crippen LogP contribution >= 0.6 is 0 Å². The number of benzene rings is 1. The van der Waals surface area contributed by atoms with Gasteiger partial charge < -0.3 is 9.64 Å². The van der Waals surface area contributed by atoms with E-state index < -0.39 is 31.9 Å². The molecule has 0 heterocycles. The minimum absolute atomic E-state index is 0.170. The third kappa shape index (κ3) is 12.1. The van der Waals surface area contributed by atoms with Crippen molar-refractivity contribution >= 4 is 26.3 Å². The number of carbonyl (C=O) groups excluding carboxylic acids is 1. The van der Waals surface area contributed by atoms with Gasteiger partial charge in [0.05, 0.1) is 25.7 Å². The van der Waals surface area contributed by atoms with Crippen LogP contribution in [-0.4, -0.2) is 59.5 Å². The van der Waals surface area contributed by atoms with Crippen LogP contribution in [-0.2, 0) is 53.0 Å². The molecule has 0 aromatic heterocycles. The number of hydrogen-bond acceptors (Lipinski definition) is 8. The van der Waals surface area contributed by atoms with Crippen LogP contribution in [0.15, 0.2) is 18.2 Å². The predicted molar refractivity (Wildman–Crippen MR) is 113 cm³/mol. The van der Waals surface area contributed by atoms with Gasteiger partial charge in [-0.1, -0.05) is 18.2 Å². The van der Waals surface area contributed by atoms with Crippen LogP contribution in [0.5, 0.6) is 0 Å². The first kappa shape index (κ1) is 26.3. The molecule has 0 spiro atoms. The fourth-order valence-electron chi connectivity index (χ4n) is 2.45. The first-order valence-corrected chi connectivity index (χ1v) is 12.9. The highest BCUT2D eigenvalue weighted by atomic mass is 32.2. The lowest BCUT2D eigenvalue weighted by Gasteiger charge is -2.24. The molecule has 1 rings (SSSR count). The number of amides is 1. The van der Waals surface area contributed by atoms with Crippen molar-refractivity contribution in [2.45, 2.75) is 52.4 Å². The molecule has 0 radical (unpaired) electrons. The first-order chi connectivity index (χ1) is 13.5. The highest BCUT2D eigenvalue weighted by molar-refractivity contribution is 7.86. The van der Waals surface area contributed by atoms with Crippen LogP contribution in [0.1, 0.15) is 43.9 Å². The van der Waals surface area contributed by atoms with Crippen molar-refractivity contribution in [2.75, 3.05) is 26.1 Å². The summed E-state index contributed by atoms with van der Waals surface area (Å²) in [5.74, 6) is 0. The van der Waals surface area contributed by atoms with Crippen molar-refractivity contribution in [3.63, 3.8) is 0 Å². The smallest absolute Gasteiger partial charge is 0.410 e. The zero-order valence-electron chi connectivity index (χ0n) is 18.3. The summed E-state index contributed by atoms with van der Waals surface area (Å²) in [6.45, 7) is 5.50. The molecule has 0 saturated heterocycles. The van der Waals surface area contributed by atoms with Crippen molar-refractivity contribution in [2.24, 2.45) is 0 Å². The Bertz CT molecular complexity index is 880. The van der Waals surface area contributed by atoms with Gasteiger partial charge in [0.2, 0.25) is 0 Å². The zero-order valence-corrected chi connectivity index (χ0v) is 19.9. The number of aryl methyl sites for hydroxylation is 1. The number of nitrogens with zero attached hydrogens (tertiary/aromatic N) is 1. The molecule has 0 aliphatic carbocycles. The Kier molecular flexibility index (Phi) is 9.27. The second-order valence-electron chi connectivity index (χ2n) is 8.10. The Labute approximate surface area is 179 Å². The van der Waals surface area contributed by atoms with Gasteiger partial charge in [0.25, 0.3) is 20.2 Å². The lowest BCUT2D eigenvalue weighted by Crippen LogP contribution is -2.34. The summed E-state index contributed by atoms with van der Waals surface area (Å²) in [6, 6.07) is 5.19. The third-order valence-electron chi connectivity index (χ3n) is 3.66. The maximum Gasteiger partial charge on any atom is 0.410 e. The molecule has 0 atom stereocenters. The quantitative estimate of drug-likeness (QED) is 0.484. The second kappa shape index (κ2) is 10.6. The Morgan fingerprint density at radius 2 is 1.33 bits per heavy atom. The van der Waals surface area contributed by atoms with E-state index in [0.717, 1.165) is 18.1 Å². The molecule has 11 heteroatoms. The number of rotatable bonds is 10. The standard InChI is InChI=1S/C19H31NO8S2/c1-19(2,3)28-18(21)20(4)9-7-8-15-10-16(13-26-29(5,22)23)12-17(11-15)14-27-30(6,24)25/h10-12H,7-9,13-14H2,1-6H3. The molecule has 0 aliphatic rings. The van der Waals surface area contributed by atoms with E-state index in [1.807, 2.05) is 0 Å². The summed E-state index contributed by atoms with van der Waals surface area (Å²) in [4.78, 5) is 13.5. The van der Waals surface area contributed by atoms with Crippen molar-refractivity contribution < 1.29 is 34.7 Å². The van der Waals surface area contributed by atoms with Crippen LogP contribution in [0.25, 0.3) is 0 Å². The van der Waals surface area contributed by atoms with E-state index in [0.29, 0.717) is 30.5 Å². The Morgan fingerprint density at radius 1 is 0.900 bits per heavy atom. The fourth-order valence-corrected chi connectivity index (χ4v) is 3.15. The molecular formula is C19H31NO8S2. The molecule has 0 N–H and O–H groups in total. The fraction of sp³-hybridized carbons (Fsp3) is 0.632. The molecule has 1 aromatic rings.